The van der Waals surface area contributed by atoms with E-state index in [-0.39, 0.29) is 24.0 Å². The molecule has 6 nitrogen and oxygen atoms in total. The summed E-state index contributed by atoms with van der Waals surface area (Å²) in [7, 11) is 1.65. The third kappa shape index (κ3) is 5.12. The number of ether oxygens (including phenoxy) is 2. The first kappa shape index (κ1) is 17.0. The molecule has 0 amide bonds. The zero-order chi connectivity index (χ0) is 13.5. The minimum Gasteiger partial charge on any atom is -0.475 e. The van der Waals surface area contributed by atoms with Crippen molar-refractivity contribution in [3.05, 3.63) is 23.9 Å². The van der Waals surface area contributed by atoms with E-state index in [9.17, 15) is 0 Å². The molecule has 1 aliphatic rings. The first-order valence-corrected chi connectivity index (χ1v) is 6.40. The lowest BCUT2D eigenvalue weighted by atomic mass is 10.2. The fraction of sp³-hybridized carbons (Fsp3) is 0.538. The van der Waals surface area contributed by atoms with Crippen molar-refractivity contribution in [2.24, 2.45) is 4.99 Å². The van der Waals surface area contributed by atoms with Gasteiger partial charge in [-0.15, -0.1) is 24.0 Å². The Morgan fingerprint density at radius 3 is 3.00 bits per heavy atom. The molecule has 7 heteroatoms. The van der Waals surface area contributed by atoms with Crippen molar-refractivity contribution >= 4 is 29.9 Å². The number of aromatic nitrogens is 1. The molecule has 2 rings (SSSR count). The molecule has 0 bridgehead atoms. The van der Waals surface area contributed by atoms with E-state index in [1.54, 1.807) is 13.3 Å². The summed E-state index contributed by atoms with van der Waals surface area (Å²) in [4.78, 5) is 8.58. The number of guanidine groups is 1. The Balaban J connectivity index is 0.00000200. The van der Waals surface area contributed by atoms with E-state index in [0.717, 1.165) is 18.1 Å². The van der Waals surface area contributed by atoms with Crippen molar-refractivity contribution in [1.82, 2.24) is 15.6 Å². The fourth-order valence-electron chi connectivity index (χ4n) is 1.75. The summed E-state index contributed by atoms with van der Waals surface area (Å²) in [6.45, 7) is 4.59. The zero-order valence-corrected chi connectivity index (χ0v) is 14.1. The normalized spacial score (nSPS) is 16.9. The standard InChI is InChI=1S/C13H20N4O2.HI/c1-10-8-15-13(17-10)16-9-11-4-3-5-14-12(11)19-7-6-18-2;/h3-5,10H,6-9H2,1-2H3,(H2,15,16,17);1H. The van der Waals surface area contributed by atoms with Crippen LogP contribution in [0.2, 0.25) is 0 Å². The summed E-state index contributed by atoms with van der Waals surface area (Å²) in [5.41, 5.74) is 1.00. The van der Waals surface area contributed by atoms with Crippen LogP contribution in [0, 0.1) is 0 Å². The topological polar surface area (TPSA) is 67.8 Å². The molecule has 2 N–H and O–H groups in total. The average Bonchev–Trinajstić information content (AvgIpc) is 2.84. The second-order valence-corrected chi connectivity index (χ2v) is 4.40. The van der Waals surface area contributed by atoms with Crippen LogP contribution in [0.3, 0.4) is 0 Å². The lowest BCUT2D eigenvalue weighted by Crippen LogP contribution is -2.37. The van der Waals surface area contributed by atoms with Crippen molar-refractivity contribution in [2.75, 3.05) is 26.9 Å². The monoisotopic (exact) mass is 392 g/mol. The number of halogens is 1. The van der Waals surface area contributed by atoms with Gasteiger partial charge in [-0.25, -0.2) is 4.98 Å². The average molecular weight is 392 g/mol. The maximum atomic E-state index is 5.58. The van der Waals surface area contributed by atoms with Crippen molar-refractivity contribution in [3.63, 3.8) is 0 Å². The predicted octanol–water partition coefficient (Wildman–Crippen LogP) is 1.16. The number of rotatable bonds is 6. The first-order chi connectivity index (χ1) is 9.29. The Kier molecular flexibility index (Phi) is 7.60. The van der Waals surface area contributed by atoms with Gasteiger partial charge < -0.3 is 20.1 Å². The van der Waals surface area contributed by atoms with Crippen LogP contribution in [0.25, 0.3) is 0 Å². The second-order valence-electron chi connectivity index (χ2n) is 4.40. The number of nitrogens with zero attached hydrogens (tertiary/aromatic N) is 2. The highest BCUT2D eigenvalue weighted by Gasteiger charge is 2.12. The fourth-order valence-corrected chi connectivity index (χ4v) is 1.75. The van der Waals surface area contributed by atoms with Crippen LogP contribution in [-0.4, -0.2) is 43.9 Å². The SMILES string of the molecule is COCCOc1ncccc1CNC1=NCC(C)N1.I. The predicted molar refractivity (Wildman–Crippen MR) is 88.8 cm³/mol. The molecule has 0 saturated carbocycles. The molecular formula is C13H21IN4O2. The summed E-state index contributed by atoms with van der Waals surface area (Å²) in [5, 5.41) is 6.50. The van der Waals surface area contributed by atoms with E-state index in [4.69, 9.17) is 9.47 Å². The molecule has 0 aromatic carbocycles. The summed E-state index contributed by atoms with van der Waals surface area (Å²) in [5.74, 6) is 1.47. The molecule has 20 heavy (non-hydrogen) atoms. The van der Waals surface area contributed by atoms with Crippen molar-refractivity contribution < 1.29 is 9.47 Å². The molecule has 0 saturated heterocycles. The summed E-state index contributed by atoms with van der Waals surface area (Å²) < 4.78 is 10.5. The van der Waals surface area contributed by atoms with Gasteiger partial charge in [-0.3, -0.25) is 4.99 Å². The first-order valence-electron chi connectivity index (χ1n) is 6.40. The Labute approximate surface area is 136 Å². The Morgan fingerprint density at radius 2 is 2.30 bits per heavy atom. The van der Waals surface area contributed by atoms with Gasteiger partial charge in [0.25, 0.3) is 0 Å². The van der Waals surface area contributed by atoms with E-state index >= 15 is 0 Å². The maximum Gasteiger partial charge on any atom is 0.218 e. The van der Waals surface area contributed by atoms with E-state index < -0.39 is 0 Å². The lowest BCUT2D eigenvalue weighted by molar-refractivity contribution is 0.143. The van der Waals surface area contributed by atoms with Gasteiger partial charge in [0, 0.05) is 31.5 Å². The van der Waals surface area contributed by atoms with Gasteiger partial charge in [0.15, 0.2) is 5.96 Å². The molecule has 1 aromatic rings. The van der Waals surface area contributed by atoms with Gasteiger partial charge in [0.2, 0.25) is 5.88 Å². The van der Waals surface area contributed by atoms with Gasteiger partial charge >= 0.3 is 0 Å². The van der Waals surface area contributed by atoms with Crippen LogP contribution < -0.4 is 15.4 Å². The summed E-state index contributed by atoms with van der Waals surface area (Å²) >= 11 is 0. The number of nitrogens with one attached hydrogen (secondary N) is 2. The van der Waals surface area contributed by atoms with Gasteiger partial charge in [-0.1, -0.05) is 6.07 Å². The molecule has 1 atom stereocenters. The van der Waals surface area contributed by atoms with E-state index in [0.29, 0.717) is 31.7 Å². The maximum absolute atomic E-state index is 5.58. The molecule has 1 aromatic heterocycles. The van der Waals surface area contributed by atoms with Crippen molar-refractivity contribution in [1.29, 1.82) is 0 Å². The molecule has 0 spiro atoms. The van der Waals surface area contributed by atoms with Crippen LogP contribution in [0.5, 0.6) is 5.88 Å². The third-order valence-electron chi connectivity index (χ3n) is 2.73. The number of hydrogen-bond acceptors (Lipinski definition) is 6. The van der Waals surface area contributed by atoms with Gasteiger partial charge in [-0.05, 0) is 13.0 Å². The number of methoxy groups -OCH3 is 1. The van der Waals surface area contributed by atoms with Crippen LogP contribution in [0.4, 0.5) is 0 Å². The molecular weight excluding hydrogens is 371 g/mol. The quantitative estimate of drug-likeness (QED) is 0.562. The van der Waals surface area contributed by atoms with Crippen molar-refractivity contribution in [2.45, 2.75) is 19.5 Å². The van der Waals surface area contributed by atoms with E-state index in [2.05, 4.69) is 27.5 Å². The minimum atomic E-state index is 0. The van der Waals surface area contributed by atoms with Crippen LogP contribution in [0.1, 0.15) is 12.5 Å². The van der Waals surface area contributed by atoms with Crippen molar-refractivity contribution in [3.8, 4) is 5.88 Å². The number of pyridine rings is 1. The molecule has 112 valence electrons. The molecule has 0 fully saturated rings. The highest BCUT2D eigenvalue weighted by atomic mass is 127. The summed E-state index contributed by atoms with van der Waals surface area (Å²) in [6.07, 6.45) is 1.72. The number of aliphatic imine (C=N–C) groups is 1. The third-order valence-corrected chi connectivity index (χ3v) is 2.73. The molecule has 2 heterocycles. The zero-order valence-electron chi connectivity index (χ0n) is 11.8. The van der Waals surface area contributed by atoms with Crippen LogP contribution >= 0.6 is 24.0 Å². The molecule has 0 aliphatic carbocycles. The lowest BCUT2D eigenvalue weighted by Gasteiger charge is -2.12. The molecule has 0 radical (unpaired) electrons. The molecule has 1 aliphatic heterocycles. The highest BCUT2D eigenvalue weighted by Crippen LogP contribution is 2.13. The van der Waals surface area contributed by atoms with E-state index in [1.807, 2.05) is 12.1 Å². The van der Waals surface area contributed by atoms with Gasteiger partial charge in [0.05, 0.1) is 13.2 Å². The Hall–Kier alpha value is -1.09. The van der Waals surface area contributed by atoms with Gasteiger partial charge in [0.1, 0.15) is 6.61 Å². The largest absolute Gasteiger partial charge is 0.475 e. The number of hydrogen-bond donors (Lipinski definition) is 2. The Morgan fingerprint density at radius 1 is 1.45 bits per heavy atom. The highest BCUT2D eigenvalue weighted by molar-refractivity contribution is 14.0. The summed E-state index contributed by atoms with van der Waals surface area (Å²) in [6, 6.07) is 4.28. The smallest absolute Gasteiger partial charge is 0.218 e. The van der Waals surface area contributed by atoms with E-state index in [1.165, 1.54) is 0 Å². The van der Waals surface area contributed by atoms with Crippen LogP contribution in [0.15, 0.2) is 23.3 Å². The second kappa shape index (κ2) is 8.96. The molecule has 1 unspecified atom stereocenters. The van der Waals surface area contributed by atoms with Gasteiger partial charge in [-0.2, -0.15) is 0 Å². The van der Waals surface area contributed by atoms with Crippen LogP contribution in [-0.2, 0) is 11.3 Å². The minimum absolute atomic E-state index is 0. The Bertz CT molecular complexity index is 442.